The second-order valence-electron chi connectivity index (χ2n) is 7.11. The van der Waals surface area contributed by atoms with Crippen molar-refractivity contribution in [1.82, 2.24) is 4.98 Å². The number of anilines is 1. The van der Waals surface area contributed by atoms with Crippen molar-refractivity contribution < 1.29 is 22.7 Å². The van der Waals surface area contributed by atoms with Crippen LogP contribution in [0.15, 0.2) is 47.8 Å². The van der Waals surface area contributed by atoms with Gasteiger partial charge in [-0.25, -0.2) is 18.2 Å². The maximum absolute atomic E-state index is 12.5. The molecule has 2 heterocycles. The van der Waals surface area contributed by atoms with Crippen molar-refractivity contribution >= 4 is 50.4 Å². The van der Waals surface area contributed by atoms with Crippen molar-refractivity contribution in [1.29, 1.82) is 0 Å². The number of ketones is 1. The summed E-state index contributed by atoms with van der Waals surface area (Å²) in [5.41, 5.74) is 2.65. The molecule has 0 radical (unpaired) electrons. The lowest BCUT2D eigenvalue weighted by Crippen LogP contribution is -2.30. The van der Waals surface area contributed by atoms with E-state index in [0.29, 0.717) is 34.2 Å². The number of halogens is 1. The van der Waals surface area contributed by atoms with Gasteiger partial charge in [0, 0.05) is 28.1 Å². The Morgan fingerprint density at radius 1 is 1.22 bits per heavy atom. The average molecular weight is 491 g/mol. The molecule has 0 aliphatic carbocycles. The topological polar surface area (TPSA) is 93.6 Å². The number of sulfonamides is 1. The van der Waals surface area contributed by atoms with E-state index >= 15 is 0 Å². The Hall–Kier alpha value is -2.75. The van der Waals surface area contributed by atoms with Crippen LogP contribution in [0.25, 0.3) is 10.6 Å². The molecule has 0 amide bonds. The quantitative estimate of drug-likeness (QED) is 0.363. The molecule has 0 saturated heterocycles. The predicted octanol–water partition coefficient (Wildman–Crippen LogP) is 4.22. The summed E-state index contributed by atoms with van der Waals surface area (Å²) in [6.45, 7) is 1.52. The molecule has 0 atom stereocenters. The van der Waals surface area contributed by atoms with Crippen LogP contribution in [0.1, 0.15) is 33.3 Å². The first-order chi connectivity index (χ1) is 15.3. The van der Waals surface area contributed by atoms with Gasteiger partial charge in [0.05, 0.1) is 11.4 Å². The van der Waals surface area contributed by atoms with Crippen molar-refractivity contribution in [3.63, 3.8) is 0 Å². The van der Waals surface area contributed by atoms with Gasteiger partial charge in [-0.2, -0.15) is 0 Å². The van der Waals surface area contributed by atoms with E-state index in [1.54, 1.807) is 48.7 Å². The zero-order valence-corrected chi connectivity index (χ0v) is 19.5. The number of ether oxygens (including phenoxy) is 1. The first-order valence-electron chi connectivity index (χ1n) is 9.83. The Kier molecular flexibility index (Phi) is 6.32. The van der Waals surface area contributed by atoms with Crippen LogP contribution in [0.5, 0.6) is 0 Å². The second-order valence-corrected chi connectivity index (χ2v) is 10.6. The van der Waals surface area contributed by atoms with E-state index in [9.17, 15) is 18.0 Å². The highest BCUT2D eigenvalue weighted by Crippen LogP contribution is 2.31. The third-order valence-corrected chi connectivity index (χ3v) is 7.98. The predicted molar refractivity (Wildman–Crippen MR) is 124 cm³/mol. The molecule has 2 aromatic carbocycles. The molecule has 0 fully saturated rings. The van der Waals surface area contributed by atoms with Gasteiger partial charge in [0.25, 0.3) is 0 Å². The minimum absolute atomic E-state index is 0.0126. The number of esters is 1. The number of carbonyl (C=O) groups is 2. The van der Waals surface area contributed by atoms with Gasteiger partial charge in [0.2, 0.25) is 10.0 Å². The molecule has 0 N–H and O–H groups in total. The van der Waals surface area contributed by atoms with E-state index in [1.807, 2.05) is 6.07 Å². The van der Waals surface area contributed by atoms with Gasteiger partial charge in [0.15, 0.2) is 18.1 Å². The normalized spacial score (nSPS) is 13.1. The van der Waals surface area contributed by atoms with E-state index in [0.717, 1.165) is 11.1 Å². The minimum Gasteiger partial charge on any atom is -0.453 e. The van der Waals surface area contributed by atoms with Crippen LogP contribution in [0.3, 0.4) is 0 Å². The van der Waals surface area contributed by atoms with Crippen LogP contribution < -0.4 is 4.31 Å². The van der Waals surface area contributed by atoms with Crippen LogP contribution in [-0.4, -0.2) is 44.1 Å². The van der Waals surface area contributed by atoms with E-state index in [2.05, 4.69) is 4.98 Å². The van der Waals surface area contributed by atoms with Gasteiger partial charge in [-0.05, 0) is 49.2 Å². The molecule has 3 aromatic rings. The van der Waals surface area contributed by atoms with Gasteiger partial charge >= 0.3 is 5.97 Å². The lowest BCUT2D eigenvalue weighted by atomic mass is 10.1. The van der Waals surface area contributed by atoms with Gasteiger partial charge in [0.1, 0.15) is 5.01 Å². The molecule has 0 saturated carbocycles. The number of aromatic nitrogens is 1. The van der Waals surface area contributed by atoms with Crippen LogP contribution in [-0.2, 0) is 21.2 Å². The van der Waals surface area contributed by atoms with Gasteiger partial charge in [-0.15, -0.1) is 11.3 Å². The molecule has 0 spiro atoms. The Labute approximate surface area is 194 Å². The average Bonchev–Trinajstić information content (AvgIpc) is 3.44. The smallest absolute Gasteiger partial charge is 0.358 e. The minimum atomic E-state index is -3.35. The van der Waals surface area contributed by atoms with E-state index in [1.165, 1.54) is 15.6 Å². The van der Waals surface area contributed by atoms with E-state index in [-0.39, 0.29) is 17.2 Å². The molecule has 4 rings (SSSR count). The lowest BCUT2D eigenvalue weighted by Gasteiger charge is -2.18. The number of hydrogen-bond donors (Lipinski definition) is 0. The van der Waals surface area contributed by atoms with Crippen molar-refractivity contribution in [2.24, 2.45) is 0 Å². The zero-order valence-electron chi connectivity index (χ0n) is 17.1. The molecule has 1 aromatic heterocycles. The summed E-state index contributed by atoms with van der Waals surface area (Å²) in [5.74, 6) is -1.05. The van der Waals surface area contributed by atoms with Crippen molar-refractivity contribution in [3.05, 3.63) is 69.7 Å². The zero-order chi connectivity index (χ0) is 22.9. The fourth-order valence-electron chi connectivity index (χ4n) is 3.40. The molecule has 166 valence electrons. The van der Waals surface area contributed by atoms with Crippen molar-refractivity contribution in [2.45, 2.75) is 13.3 Å². The summed E-state index contributed by atoms with van der Waals surface area (Å²) in [7, 11) is -3.35. The molecule has 0 bridgehead atoms. The first-order valence-corrected chi connectivity index (χ1v) is 12.7. The van der Waals surface area contributed by atoms with Crippen LogP contribution in [0, 0.1) is 0 Å². The summed E-state index contributed by atoms with van der Waals surface area (Å²) in [6.07, 6.45) is 0.528. The molecule has 0 unspecified atom stereocenters. The van der Waals surface area contributed by atoms with Gasteiger partial charge in [-0.3, -0.25) is 9.10 Å². The number of benzene rings is 2. The molecular weight excluding hydrogens is 472 g/mol. The van der Waals surface area contributed by atoms with Crippen LogP contribution in [0.4, 0.5) is 5.69 Å². The number of fused-ring (bicyclic) bond motifs is 1. The molecule has 32 heavy (non-hydrogen) atoms. The summed E-state index contributed by atoms with van der Waals surface area (Å²) in [4.78, 5) is 29.1. The lowest BCUT2D eigenvalue weighted by molar-refractivity contribution is 0.0470. The highest BCUT2D eigenvalue weighted by molar-refractivity contribution is 7.92. The van der Waals surface area contributed by atoms with Crippen molar-refractivity contribution in [2.75, 3.05) is 23.2 Å². The fourth-order valence-corrected chi connectivity index (χ4v) is 5.54. The Bertz CT molecular complexity index is 1300. The Morgan fingerprint density at radius 3 is 2.78 bits per heavy atom. The van der Waals surface area contributed by atoms with E-state index < -0.39 is 22.6 Å². The number of nitrogens with zero attached hydrogens (tertiary/aromatic N) is 2. The monoisotopic (exact) mass is 490 g/mol. The maximum Gasteiger partial charge on any atom is 0.358 e. The second kappa shape index (κ2) is 9.01. The Balaban J connectivity index is 1.41. The third-order valence-electron chi connectivity index (χ3n) is 5.07. The molecule has 7 nitrogen and oxygen atoms in total. The molecule has 1 aliphatic heterocycles. The maximum atomic E-state index is 12.5. The molecule has 10 heteroatoms. The molecule has 1 aliphatic rings. The highest BCUT2D eigenvalue weighted by atomic mass is 35.5. The number of thiazole rings is 1. The number of rotatable bonds is 7. The molecular formula is C22H19ClN2O5S2. The largest absolute Gasteiger partial charge is 0.453 e. The summed E-state index contributed by atoms with van der Waals surface area (Å²) < 4.78 is 30.9. The number of Topliss-reactive ketones (excluding diaryl/α,β-unsaturated/α-hetero) is 1. The summed E-state index contributed by atoms with van der Waals surface area (Å²) in [5, 5.41) is 2.76. The van der Waals surface area contributed by atoms with Crippen molar-refractivity contribution in [3.8, 4) is 10.6 Å². The standard InChI is InChI=1S/C22H19ClN2O5S2/c1-2-32(28,29)25-9-8-14-10-15(6-7-19(14)25)20(26)12-30-22(27)18-13-31-21(24-18)16-4-3-5-17(23)11-16/h3-7,10-11,13H,2,8-9,12H2,1H3. The third kappa shape index (κ3) is 4.55. The van der Waals surface area contributed by atoms with E-state index in [4.69, 9.17) is 16.3 Å². The van der Waals surface area contributed by atoms with Crippen LogP contribution >= 0.6 is 22.9 Å². The SMILES string of the molecule is CCS(=O)(=O)N1CCc2cc(C(=O)COC(=O)c3csc(-c4cccc(Cl)c4)n3)ccc21. The Morgan fingerprint density at radius 2 is 2.03 bits per heavy atom. The summed E-state index contributed by atoms with van der Waals surface area (Å²) in [6, 6.07) is 12.0. The van der Waals surface area contributed by atoms with Crippen LogP contribution in [0.2, 0.25) is 5.02 Å². The summed E-state index contributed by atoms with van der Waals surface area (Å²) >= 11 is 7.27. The first kappa shape index (κ1) is 22.4. The number of hydrogen-bond acceptors (Lipinski definition) is 7. The number of carbonyl (C=O) groups excluding carboxylic acids is 2. The van der Waals surface area contributed by atoms with Gasteiger partial charge in [-0.1, -0.05) is 23.7 Å². The van der Waals surface area contributed by atoms with Gasteiger partial charge < -0.3 is 4.74 Å². The fraction of sp³-hybridized carbons (Fsp3) is 0.227. The highest BCUT2D eigenvalue weighted by Gasteiger charge is 2.28.